The predicted octanol–water partition coefficient (Wildman–Crippen LogP) is 4.75. The lowest BCUT2D eigenvalue weighted by atomic mass is 10.1. The number of carbonyl (C=O) groups is 1. The number of allylic oxidation sites excluding steroid dienone is 1. The number of nitrogens with one attached hydrogen (secondary N) is 1. The fourth-order valence-electron chi connectivity index (χ4n) is 2.23. The second kappa shape index (κ2) is 6.46. The fraction of sp³-hybridized carbons (Fsp3) is 0.118. The standard InChI is InChI=1S/C17H14ClNO2S/c18-12-3-5-13(6-4-12)19-17(21)16-10-9-15(22-16)11-1-7-14(20)8-2-11/h1-8,10,15,20H,9H2,(H,19,21). The molecular formula is C17H14ClNO2S. The maximum Gasteiger partial charge on any atom is 0.261 e. The molecule has 3 nitrogen and oxygen atoms in total. The van der Waals surface area contributed by atoms with E-state index in [1.165, 1.54) is 0 Å². The van der Waals surface area contributed by atoms with Gasteiger partial charge in [0, 0.05) is 16.0 Å². The Morgan fingerprint density at radius 3 is 2.50 bits per heavy atom. The first kappa shape index (κ1) is 15.0. The van der Waals surface area contributed by atoms with Crippen LogP contribution >= 0.6 is 23.4 Å². The van der Waals surface area contributed by atoms with E-state index in [1.54, 1.807) is 48.2 Å². The second-order valence-electron chi connectivity index (χ2n) is 4.96. The van der Waals surface area contributed by atoms with Crippen molar-refractivity contribution in [3.8, 4) is 5.75 Å². The monoisotopic (exact) mass is 331 g/mol. The number of hydrogen-bond acceptors (Lipinski definition) is 3. The highest BCUT2D eigenvalue weighted by molar-refractivity contribution is 8.04. The maximum atomic E-state index is 12.3. The molecule has 3 rings (SSSR count). The smallest absolute Gasteiger partial charge is 0.261 e. The van der Waals surface area contributed by atoms with Gasteiger partial charge in [0.05, 0.1) is 4.91 Å². The van der Waals surface area contributed by atoms with Crippen molar-refractivity contribution < 1.29 is 9.90 Å². The summed E-state index contributed by atoms with van der Waals surface area (Å²) in [4.78, 5) is 13.0. The van der Waals surface area contributed by atoms with E-state index in [-0.39, 0.29) is 16.9 Å². The number of carbonyl (C=O) groups excluding carboxylic acids is 1. The van der Waals surface area contributed by atoms with Gasteiger partial charge in [-0.2, -0.15) is 0 Å². The number of benzene rings is 2. The van der Waals surface area contributed by atoms with Crippen LogP contribution in [0.5, 0.6) is 5.75 Å². The van der Waals surface area contributed by atoms with Crippen molar-refractivity contribution in [1.29, 1.82) is 0 Å². The molecule has 0 bridgehead atoms. The number of rotatable bonds is 3. The summed E-state index contributed by atoms with van der Waals surface area (Å²) in [6.45, 7) is 0. The molecule has 2 aromatic rings. The molecule has 0 saturated carbocycles. The Balaban J connectivity index is 1.63. The minimum absolute atomic E-state index is 0.103. The van der Waals surface area contributed by atoms with Crippen LogP contribution in [0.4, 0.5) is 5.69 Å². The first-order chi connectivity index (χ1) is 10.6. The molecule has 0 fully saturated rings. The lowest BCUT2D eigenvalue weighted by molar-refractivity contribution is -0.112. The highest BCUT2D eigenvalue weighted by Crippen LogP contribution is 2.44. The predicted molar refractivity (Wildman–Crippen MR) is 91.2 cm³/mol. The lowest BCUT2D eigenvalue weighted by Gasteiger charge is -2.11. The molecule has 0 saturated heterocycles. The molecule has 0 aliphatic carbocycles. The summed E-state index contributed by atoms with van der Waals surface area (Å²) in [6.07, 6.45) is 2.76. The van der Waals surface area contributed by atoms with E-state index in [4.69, 9.17) is 11.6 Å². The zero-order chi connectivity index (χ0) is 15.5. The van der Waals surface area contributed by atoms with Crippen molar-refractivity contribution in [2.75, 3.05) is 5.32 Å². The minimum Gasteiger partial charge on any atom is -0.508 e. The molecule has 2 N–H and O–H groups in total. The van der Waals surface area contributed by atoms with Crippen LogP contribution in [0.25, 0.3) is 0 Å². The normalized spacial score (nSPS) is 17.1. The van der Waals surface area contributed by atoms with Crippen LogP contribution < -0.4 is 5.32 Å². The lowest BCUT2D eigenvalue weighted by Crippen LogP contribution is -2.11. The zero-order valence-electron chi connectivity index (χ0n) is 11.6. The van der Waals surface area contributed by atoms with Crippen molar-refractivity contribution in [3.05, 3.63) is 70.1 Å². The summed E-state index contributed by atoms with van der Waals surface area (Å²) < 4.78 is 0. The van der Waals surface area contributed by atoms with Gasteiger partial charge in [-0.05, 0) is 48.4 Å². The number of anilines is 1. The summed E-state index contributed by atoms with van der Waals surface area (Å²) in [6, 6.07) is 14.2. The highest BCUT2D eigenvalue weighted by Gasteiger charge is 2.24. The van der Waals surface area contributed by atoms with E-state index in [1.807, 2.05) is 18.2 Å². The Kier molecular flexibility index (Phi) is 4.41. The quantitative estimate of drug-likeness (QED) is 0.853. The Labute approximate surface area is 138 Å². The molecule has 1 amide bonds. The molecule has 0 radical (unpaired) electrons. The Morgan fingerprint density at radius 2 is 1.82 bits per heavy atom. The number of phenolic OH excluding ortho intramolecular Hbond substituents is 1. The average molecular weight is 332 g/mol. The van der Waals surface area contributed by atoms with Gasteiger partial charge in [0.1, 0.15) is 5.75 Å². The molecule has 1 atom stereocenters. The van der Waals surface area contributed by atoms with Gasteiger partial charge >= 0.3 is 0 Å². The van der Waals surface area contributed by atoms with Crippen LogP contribution in [0.1, 0.15) is 17.2 Å². The van der Waals surface area contributed by atoms with Gasteiger partial charge in [0.15, 0.2) is 0 Å². The van der Waals surface area contributed by atoms with E-state index in [0.717, 1.165) is 17.7 Å². The third-order valence-corrected chi connectivity index (χ3v) is 4.98. The van der Waals surface area contributed by atoms with Gasteiger partial charge in [0.25, 0.3) is 5.91 Å². The Hall–Kier alpha value is -1.91. The number of hydrogen-bond donors (Lipinski definition) is 2. The number of phenols is 1. The molecule has 112 valence electrons. The van der Waals surface area contributed by atoms with Gasteiger partial charge < -0.3 is 10.4 Å². The zero-order valence-corrected chi connectivity index (χ0v) is 13.2. The molecule has 0 spiro atoms. The van der Waals surface area contributed by atoms with Gasteiger partial charge in [-0.3, -0.25) is 4.79 Å². The van der Waals surface area contributed by atoms with Gasteiger partial charge in [-0.25, -0.2) is 0 Å². The number of aromatic hydroxyl groups is 1. The maximum absolute atomic E-state index is 12.3. The van der Waals surface area contributed by atoms with Crippen LogP contribution in [0.2, 0.25) is 5.02 Å². The van der Waals surface area contributed by atoms with Gasteiger partial charge in [-0.1, -0.05) is 29.8 Å². The Morgan fingerprint density at radius 1 is 1.14 bits per heavy atom. The topological polar surface area (TPSA) is 49.3 Å². The molecule has 1 heterocycles. The van der Waals surface area contributed by atoms with Crippen LogP contribution in [0.3, 0.4) is 0 Å². The highest BCUT2D eigenvalue weighted by atomic mass is 35.5. The fourth-order valence-corrected chi connectivity index (χ4v) is 3.50. The summed E-state index contributed by atoms with van der Waals surface area (Å²) in [7, 11) is 0. The summed E-state index contributed by atoms with van der Waals surface area (Å²) in [5.41, 5.74) is 1.83. The average Bonchev–Trinajstić information content (AvgIpc) is 3.00. The first-order valence-corrected chi connectivity index (χ1v) is 8.10. The molecule has 0 aromatic heterocycles. The molecule has 22 heavy (non-hydrogen) atoms. The van der Waals surface area contributed by atoms with Crippen molar-refractivity contribution in [1.82, 2.24) is 0 Å². The minimum atomic E-state index is -0.103. The van der Waals surface area contributed by atoms with Crippen molar-refractivity contribution >= 4 is 35.0 Å². The molecule has 2 aromatic carbocycles. The number of halogens is 1. The van der Waals surface area contributed by atoms with E-state index >= 15 is 0 Å². The molecule has 1 unspecified atom stereocenters. The van der Waals surface area contributed by atoms with Crippen molar-refractivity contribution in [2.45, 2.75) is 11.7 Å². The molecule has 1 aliphatic heterocycles. The first-order valence-electron chi connectivity index (χ1n) is 6.84. The molecule has 5 heteroatoms. The van der Waals surface area contributed by atoms with Crippen LogP contribution in [-0.4, -0.2) is 11.0 Å². The number of amides is 1. The van der Waals surface area contributed by atoms with E-state index in [9.17, 15) is 9.90 Å². The summed E-state index contributed by atoms with van der Waals surface area (Å²) in [5.74, 6) is 0.147. The van der Waals surface area contributed by atoms with E-state index < -0.39 is 0 Å². The third-order valence-electron chi connectivity index (χ3n) is 3.38. The second-order valence-corrected chi connectivity index (χ2v) is 6.64. The summed E-state index contributed by atoms with van der Waals surface area (Å²) in [5, 5.41) is 13.0. The van der Waals surface area contributed by atoms with Crippen molar-refractivity contribution in [3.63, 3.8) is 0 Å². The van der Waals surface area contributed by atoms with Crippen molar-refractivity contribution in [2.24, 2.45) is 0 Å². The van der Waals surface area contributed by atoms with Gasteiger partial charge in [-0.15, -0.1) is 11.8 Å². The summed E-state index contributed by atoms with van der Waals surface area (Å²) >= 11 is 7.37. The van der Waals surface area contributed by atoms with E-state index in [2.05, 4.69) is 5.32 Å². The van der Waals surface area contributed by atoms with Gasteiger partial charge in [0.2, 0.25) is 0 Å². The number of thioether (sulfide) groups is 1. The van der Waals surface area contributed by atoms with Crippen LogP contribution in [-0.2, 0) is 4.79 Å². The molecular weight excluding hydrogens is 318 g/mol. The third kappa shape index (κ3) is 3.46. The van der Waals surface area contributed by atoms with Crippen LogP contribution in [0.15, 0.2) is 59.5 Å². The Bertz CT molecular complexity index is 710. The largest absolute Gasteiger partial charge is 0.508 e. The van der Waals surface area contributed by atoms with E-state index in [0.29, 0.717) is 9.93 Å². The van der Waals surface area contributed by atoms with Crippen LogP contribution in [0, 0.1) is 0 Å². The SMILES string of the molecule is O=C(Nc1ccc(Cl)cc1)C1=CCC(c2ccc(O)cc2)S1. The molecule has 1 aliphatic rings.